The summed E-state index contributed by atoms with van der Waals surface area (Å²) in [5, 5.41) is 3.29. The van der Waals surface area contributed by atoms with Gasteiger partial charge >= 0.3 is 0 Å². The molecule has 2 aliphatic rings. The van der Waals surface area contributed by atoms with E-state index in [1.54, 1.807) is 4.31 Å². The molecule has 2 rings (SSSR count). The predicted molar refractivity (Wildman–Crippen MR) is 63.3 cm³/mol. The van der Waals surface area contributed by atoms with E-state index in [-0.39, 0.29) is 6.04 Å². The van der Waals surface area contributed by atoms with Crippen molar-refractivity contribution in [1.82, 2.24) is 14.3 Å². The molecular weight excluding hydrogens is 226 g/mol. The van der Waals surface area contributed by atoms with E-state index in [0.717, 1.165) is 32.4 Å². The van der Waals surface area contributed by atoms with E-state index in [2.05, 4.69) is 10.0 Å². The number of hydrogen-bond acceptors (Lipinski definition) is 3. The first-order valence-electron chi connectivity index (χ1n) is 6.12. The third-order valence-corrected chi connectivity index (χ3v) is 5.11. The van der Waals surface area contributed by atoms with E-state index in [1.165, 1.54) is 0 Å². The average molecular weight is 247 g/mol. The molecule has 0 aromatic rings. The molecule has 0 amide bonds. The van der Waals surface area contributed by atoms with Gasteiger partial charge in [0.15, 0.2) is 0 Å². The highest BCUT2D eigenvalue weighted by atomic mass is 32.2. The highest BCUT2D eigenvalue weighted by Crippen LogP contribution is 2.27. The van der Waals surface area contributed by atoms with Crippen LogP contribution in [0.15, 0.2) is 0 Å². The highest BCUT2D eigenvalue weighted by Gasteiger charge is 2.40. The van der Waals surface area contributed by atoms with Crippen molar-refractivity contribution in [3.8, 4) is 0 Å². The molecule has 2 N–H and O–H groups in total. The smallest absolute Gasteiger partial charge is 0.279 e. The minimum absolute atomic E-state index is 0.170. The van der Waals surface area contributed by atoms with Gasteiger partial charge in [0.2, 0.25) is 0 Å². The summed E-state index contributed by atoms with van der Waals surface area (Å²) in [4.78, 5) is 0. The van der Waals surface area contributed by atoms with E-state index < -0.39 is 10.2 Å². The molecule has 2 fully saturated rings. The molecule has 2 unspecified atom stereocenters. The Morgan fingerprint density at radius 2 is 2.25 bits per heavy atom. The summed E-state index contributed by atoms with van der Waals surface area (Å²) >= 11 is 0. The molecule has 2 atom stereocenters. The van der Waals surface area contributed by atoms with Crippen molar-refractivity contribution in [3.63, 3.8) is 0 Å². The van der Waals surface area contributed by atoms with Gasteiger partial charge in [0.25, 0.3) is 10.2 Å². The Labute approximate surface area is 97.8 Å². The second kappa shape index (κ2) is 5.00. The lowest BCUT2D eigenvalue weighted by molar-refractivity contribution is 0.215. The molecule has 0 bridgehead atoms. The summed E-state index contributed by atoms with van der Waals surface area (Å²) < 4.78 is 28.5. The third-order valence-electron chi connectivity index (χ3n) is 3.47. The zero-order valence-corrected chi connectivity index (χ0v) is 10.6. The maximum Gasteiger partial charge on any atom is 0.279 e. The lowest BCUT2D eigenvalue weighted by atomic mass is 9.94. The lowest BCUT2D eigenvalue weighted by Crippen LogP contribution is -2.52. The molecule has 94 valence electrons. The molecule has 2 heterocycles. The number of piperidine rings is 1. The monoisotopic (exact) mass is 247 g/mol. The van der Waals surface area contributed by atoms with Crippen LogP contribution < -0.4 is 10.0 Å². The van der Waals surface area contributed by atoms with Crippen LogP contribution in [-0.2, 0) is 10.2 Å². The van der Waals surface area contributed by atoms with Crippen LogP contribution in [0.1, 0.15) is 26.2 Å². The van der Waals surface area contributed by atoms with Gasteiger partial charge in [-0.2, -0.15) is 12.7 Å². The zero-order chi connectivity index (χ0) is 11.6. The van der Waals surface area contributed by atoms with Crippen LogP contribution in [0.4, 0.5) is 0 Å². The maximum absolute atomic E-state index is 12.1. The normalized spacial score (nSPS) is 31.6. The summed E-state index contributed by atoms with van der Waals surface area (Å²) in [6, 6.07) is 0.170. The Morgan fingerprint density at radius 3 is 3.00 bits per heavy atom. The van der Waals surface area contributed by atoms with Gasteiger partial charge in [-0.3, -0.25) is 0 Å². The second-order valence-electron chi connectivity index (χ2n) is 4.64. The van der Waals surface area contributed by atoms with Gasteiger partial charge in [-0.15, -0.1) is 0 Å². The highest BCUT2D eigenvalue weighted by molar-refractivity contribution is 7.87. The third kappa shape index (κ3) is 2.40. The standard InChI is InChI=1S/C10H21N3O2S/c1-2-5-12-16(14,15)13-6-3-4-9-7-11-8-10(9)13/h9-12H,2-8H2,1H3. The number of fused-ring (bicyclic) bond motifs is 1. The molecule has 0 aliphatic carbocycles. The van der Waals surface area contributed by atoms with Gasteiger partial charge in [-0.25, -0.2) is 4.72 Å². The van der Waals surface area contributed by atoms with E-state index >= 15 is 0 Å². The SMILES string of the molecule is CCCNS(=O)(=O)N1CCCC2CNCC21. The van der Waals surface area contributed by atoms with E-state index in [9.17, 15) is 8.42 Å². The first-order valence-corrected chi connectivity index (χ1v) is 7.56. The van der Waals surface area contributed by atoms with Crippen LogP contribution in [0.3, 0.4) is 0 Å². The van der Waals surface area contributed by atoms with Crippen molar-refractivity contribution < 1.29 is 8.42 Å². The Hall–Kier alpha value is -0.170. The molecule has 0 saturated carbocycles. The molecule has 0 aromatic carbocycles. The summed E-state index contributed by atoms with van der Waals surface area (Å²) in [5.74, 6) is 0.506. The quantitative estimate of drug-likeness (QED) is 0.730. The summed E-state index contributed by atoms with van der Waals surface area (Å²) in [6.45, 7) is 4.94. The average Bonchev–Trinajstić information content (AvgIpc) is 2.73. The molecule has 0 spiro atoms. The van der Waals surface area contributed by atoms with Gasteiger partial charge in [0.1, 0.15) is 0 Å². The van der Waals surface area contributed by atoms with Gasteiger partial charge in [-0.05, 0) is 31.7 Å². The minimum atomic E-state index is -3.26. The fourth-order valence-corrected chi connectivity index (χ4v) is 4.24. The lowest BCUT2D eigenvalue weighted by Gasteiger charge is -2.35. The van der Waals surface area contributed by atoms with Crippen molar-refractivity contribution in [1.29, 1.82) is 0 Å². The fourth-order valence-electron chi connectivity index (χ4n) is 2.64. The van der Waals surface area contributed by atoms with E-state index in [1.807, 2.05) is 6.92 Å². The van der Waals surface area contributed by atoms with Crippen LogP contribution >= 0.6 is 0 Å². The molecule has 2 saturated heterocycles. The van der Waals surface area contributed by atoms with Crippen molar-refractivity contribution >= 4 is 10.2 Å². The molecule has 0 radical (unpaired) electrons. The second-order valence-corrected chi connectivity index (χ2v) is 6.35. The molecule has 2 aliphatic heterocycles. The number of hydrogen-bond donors (Lipinski definition) is 2. The Morgan fingerprint density at radius 1 is 1.44 bits per heavy atom. The summed E-state index contributed by atoms with van der Waals surface area (Å²) in [6.07, 6.45) is 2.97. The zero-order valence-electron chi connectivity index (χ0n) is 9.78. The van der Waals surface area contributed by atoms with Crippen molar-refractivity contribution in [3.05, 3.63) is 0 Å². The molecule has 0 aromatic heterocycles. The van der Waals surface area contributed by atoms with Gasteiger partial charge in [0.05, 0.1) is 0 Å². The van der Waals surface area contributed by atoms with Crippen LogP contribution in [0.25, 0.3) is 0 Å². The maximum atomic E-state index is 12.1. The van der Waals surface area contributed by atoms with Crippen molar-refractivity contribution in [2.45, 2.75) is 32.2 Å². The van der Waals surface area contributed by atoms with Gasteiger partial charge < -0.3 is 5.32 Å². The first kappa shape index (κ1) is 12.3. The first-order chi connectivity index (χ1) is 7.65. The molecular formula is C10H21N3O2S. The van der Waals surface area contributed by atoms with Crippen LogP contribution in [-0.4, -0.2) is 44.9 Å². The number of rotatable bonds is 4. The van der Waals surface area contributed by atoms with Crippen molar-refractivity contribution in [2.24, 2.45) is 5.92 Å². The molecule has 16 heavy (non-hydrogen) atoms. The van der Waals surface area contributed by atoms with Crippen molar-refractivity contribution in [2.75, 3.05) is 26.2 Å². The topological polar surface area (TPSA) is 61.4 Å². The van der Waals surface area contributed by atoms with Crippen LogP contribution in [0.2, 0.25) is 0 Å². The minimum Gasteiger partial charge on any atom is -0.315 e. The fraction of sp³-hybridized carbons (Fsp3) is 1.00. The van der Waals surface area contributed by atoms with E-state index in [4.69, 9.17) is 0 Å². The van der Waals surface area contributed by atoms with Gasteiger partial charge in [-0.1, -0.05) is 6.92 Å². The number of nitrogens with one attached hydrogen (secondary N) is 2. The molecule has 6 heteroatoms. The Kier molecular flexibility index (Phi) is 3.84. The van der Waals surface area contributed by atoms with Gasteiger partial charge in [0, 0.05) is 25.7 Å². The van der Waals surface area contributed by atoms with E-state index in [0.29, 0.717) is 19.0 Å². The predicted octanol–water partition coefficient (Wildman–Crippen LogP) is -0.0854. The summed E-state index contributed by atoms with van der Waals surface area (Å²) in [5.41, 5.74) is 0. The summed E-state index contributed by atoms with van der Waals surface area (Å²) in [7, 11) is -3.26. The largest absolute Gasteiger partial charge is 0.315 e. The Balaban J connectivity index is 2.07. The van der Waals surface area contributed by atoms with Crippen LogP contribution in [0, 0.1) is 5.92 Å². The van der Waals surface area contributed by atoms with Crippen LogP contribution in [0.5, 0.6) is 0 Å². The number of nitrogens with zero attached hydrogens (tertiary/aromatic N) is 1. The Bertz CT molecular complexity index is 331. The molecule has 5 nitrogen and oxygen atoms in total.